The van der Waals surface area contributed by atoms with Gasteiger partial charge in [-0.05, 0) is 79.6 Å². The zero-order valence-electron chi connectivity index (χ0n) is 11.7. The molecule has 0 aliphatic rings. The molecule has 0 saturated heterocycles. The van der Waals surface area contributed by atoms with Gasteiger partial charge in [-0.15, -0.1) is 0 Å². The predicted octanol–water partition coefficient (Wildman–Crippen LogP) is 5.55. The molecule has 0 unspecified atom stereocenters. The van der Waals surface area contributed by atoms with Crippen LogP contribution < -0.4 is 0 Å². The minimum atomic E-state index is 0.845. The molecule has 2 aromatic rings. The Morgan fingerprint density at radius 2 is 1.11 bits per heavy atom. The van der Waals surface area contributed by atoms with Crippen LogP contribution in [0.3, 0.4) is 0 Å². The highest BCUT2D eigenvalue weighted by Crippen LogP contribution is 2.33. The molecule has 0 atom stereocenters. The van der Waals surface area contributed by atoms with Gasteiger partial charge in [0.25, 0.3) is 0 Å². The van der Waals surface area contributed by atoms with Crippen LogP contribution in [0.15, 0.2) is 24.3 Å². The number of hydrogen-bond donors (Lipinski definition) is 0. The van der Waals surface area contributed by atoms with E-state index in [1.165, 1.54) is 38.9 Å². The monoisotopic (exact) mass is 258 g/mol. The molecule has 0 aromatic heterocycles. The average Bonchev–Trinajstić information content (AvgIpc) is 2.35. The van der Waals surface area contributed by atoms with E-state index in [0.717, 1.165) is 5.02 Å². The first-order valence-electron chi connectivity index (χ1n) is 6.26. The molecule has 0 heterocycles. The fraction of sp³-hybridized carbons (Fsp3) is 0.294. The van der Waals surface area contributed by atoms with Crippen LogP contribution in [0.4, 0.5) is 0 Å². The van der Waals surface area contributed by atoms with Gasteiger partial charge in [-0.3, -0.25) is 0 Å². The Morgan fingerprint density at radius 3 is 1.72 bits per heavy atom. The Bertz CT molecular complexity index is 554. The lowest BCUT2D eigenvalue weighted by Gasteiger charge is -2.15. The van der Waals surface area contributed by atoms with Crippen LogP contribution in [0.25, 0.3) is 11.1 Å². The van der Waals surface area contributed by atoms with Crippen LogP contribution in [0.1, 0.15) is 27.8 Å². The topological polar surface area (TPSA) is 0 Å². The highest BCUT2D eigenvalue weighted by atomic mass is 35.5. The summed E-state index contributed by atoms with van der Waals surface area (Å²) in [5.41, 5.74) is 9.13. The van der Waals surface area contributed by atoms with Crippen molar-refractivity contribution in [3.8, 4) is 11.1 Å². The molecule has 0 bridgehead atoms. The average molecular weight is 259 g/mol. The van der Waals surface area contributed by atoms with Gasteiger partial charge in [0.1, 0.15) is 0 Å². The van der Waals surface area contributed by atoms with E-state index in [9.17, 15) is 0 Å². The van der Waals surface area contributed by atoms with Crippen molar-refractivity contribution in [3.05, 3.63) is 57.1 Å². The molecule has 94 valence electrons. The number of rotatable bonds is 1. The molecule has 0 spiro atoms. The van der Waals surface area contributed by atoms with E-state index in [1.807, 2.05) is 6.07 Å². The van der Waals surface area contributed by atoms with Crippen molar-refractivity contribution in [1.29, 1.82) is 0 Å². The Balaban J connectivity index is 2.71. The van der Waals surface area contributed by atoms with Crippen molar-refractivity contribution in [3.63, 3.8) is 0 Å². The van der Waals surface area contributed by atoms with Crippen molar-refractivity contribution >= 4 is 11.6 Å². The largest absolute Gasteiger partial charge is 0.0840 e. The van der Waals surface area contributed by atoms with Crippen molar-refractivity contribution < 1.29 is 0 Å². The first-order valence-corrected chi connectivity index (χ1v) is 6.64. The van der Waals surface area contributed by atoms with Crippen molar-refractivity contribution in [2.75, 3.05) is 0 Å². The maximum atomic E-state index is 6.17. The Morgan fingerprint density at radius 1 is 0.611 bits per heavy atom. The van der Waals surface area contributed by atoms with Crippen LogP contribution in [0.5, 0.6) is 0 Å². The van der Waals surface area contributed by atoms with E-state index in [1.54, 1.807) is 0 Å². The van der Waals surface area contributed by atoms with Gasteiger partial charge in [0, 0.05) is 5.02 Å². The van der Waals surface area contributed by atoms with Gasteiger partial charge in [-0.25, -0.2) is 0 Å². The van der Waals surface area contributed by atoms with Gasteiger partial charge in [-0.2, -0.15) is 0 Å². The van der Waals surface area contributed by atoms with Gasteiger partial charge < -0.3 is 0 Å². The lowest BCUT2D eigenvalue weighted by molar-refractivity contribution is 1.25. The Labute approximate surface area is 115 Å². The van der Waals surface area contributed by atoms with E-state index in [0.29, 0.717) is 0 Å². The molecule has 0 saturated carbocycles. The summed E-state index contributed by atoms with van der Waals surface area (Å²) in [4.78, 5) is 0. The highest BCUT2D eigenvalue weighted by Gasteiger charge is 2.10. The first-order chi connectivity index (χ1) is 8.43. The summed E-state index contributed by atoms with van der Waals surface area (Å²) in [5.74, 6) is 0. The summed E-state index contributed by atoms with van der Waals surface area (Å²) < 4.78 is 0. The van der Waals surface area contributed by atoms with Crippen LogP contribution >= 0.6 is 11.6 Å². The summed E-state index contributed by atoms with van der Waals surface area (Å²) in [5, 5.41) is 0.845. The molecular weight excluding hydrogens is 240 g/mol. The number of aryl methyl sites for hydroxylation is 1. The second-order valence-electron chi connectivity index (χ2n) is 5.02. The molecule has 2 aromatic carbocycles. The van der Waals surface area contributed by atoms with E-state index in [2.05, 4.69) is 52.8 Å². The zero-order chi connectivity index (χ0) is 13.4. The molecule has 18 heavy (non-hydrogen) atoms. The minimum Gasteiger partial charge on any atom is -0.0840 e. The third-order valence-electron chi connectivity index (χ3n) is 4.07. The summed E-state index contributed by atoms with van der Waals surface area (Å²) in [6, 6.07) is 8.53. The molecule has 0 amide bonds. The van der Waals surface area contributed by atoms with Gasteiger partial charge in [-0.1, -0.05) is 29.8 Å². The van der Waals surface area contributed by atoms with Gasteiger partial charge in [0.05, 0.1) is 0 Å². The van der Waals surface area contributed by atoms with Crippen LogP contribution in [0, 0.1) is 34.6 Å². The third-order valence-corrected chi connectivity index (χ3v) is 4.48. The fourth-order valence-electron chi connectivity index (χ4n) is 2.33. The molecule has 0 radical (unpaired) electrons. The summed E-state index contributed by atoms with van der Waals surface area (Å²) in [7, 11) is 0. The van der Waals surface area contributed by atoms with Crippen LogP contribution in [0.2, 0.25) is 5.02 Å². The van der Waals surface area contributed by atoms with E-state index < -0.39 is 0 Å². The standard InChI is InChI=1S/C17H19Cl/c1-10-6-7-15(12(3)11(10)2)16-8-9-17(18)14(5)13(16)4/h6-9H,1-5H3. The molecule has 0 aliphatic carbocycles. The third kappa shape index (κ3) is 2.06. The Kier molecular flexibility index (Phi) is 3.49. The number of hydrogen-bond acceptors (Lipinski definition) is 0. The van der Waals surface area contributed by atoms with Gasteiger partial charge in [0.15, 0.2) is 0 Å². The number of halogens is 1. The normalized spacial score (nSPS) is 10.8. The molecule has 0 fully saturated rings. The maximum absolute atomic E-state index is 6.17. The quantitative estimate of drug-likeness (QED) is 0.629. The van der Waals surface area contributed by atoms with Crippen molar-refractivity contribution in [2.45, 2.75) is 34.6 Å². The molecular formula is C17H19Cl. The van der Waals surface area contributed by atoms with Crippen LogP contribution in [-0.2, 0) is 0 Å². The van der Waals surface area contributed by atoms with E-state index >= 15 is 0 Å². The summed E-state index contributed by atoms with van der Waals surface area (Å²) >= 11 is 6.17. The smallest absolute Gasteiger partial charge is 0.0438 e. The Hall–Kier alpha value is -1.27. The minimum absolute atomic E-state index is 0.845. The number of benzene rings is 2. The van der Waals surface area contributed by atoms with E-state index in [4.69, 9.17) is 11.6 Å². The SMILES string of the molecule is Cc1ccc(-c2ccc(Cl)c(C)c2C)c(C)c1C. The van der Waals surface area contributed by atoms with Gasteiger partial charge >= 0.3 is 0 Å². The zero-order valence-corrected chi connectivity index (χ0v) is 12.4. The lowest BCUT2D eigenvalue weighted by atomic mass is 9.90. The van der Waals surface area contributed by atoms with E-state index in [-0.39, 0.29) is 0 Å². The lowest BCUT2D eigenvalue weighted by Crippen LogP contribution is -1.94. The second-order valence-corrected chi connectivity index (χ2v) is 5.43. The maximum Gasteiger partial charge on any atom is 0.0438 e. The predicted molar refractivity (Wildman–Crippen MR) is 80.6 cm³/mol. The van der Waals surface area contributed by atoms with Crippen LogP contribution in [-0.4, -0.2) is 0 Å². The summed E-state index contributed by atoms with van der Waals surface area (Å²) in [6.45, 7) is 10.8. The summed E-state index contributed by atoms with van der Waals surface area (Å²) in [6.07, 6.45) is 0. The molecule has 2 rings (SSSR count). The molecule has 0 nitrogen and oxygen atoms in total. The molecule has 0 N–H and O–H groups in total. The molecule has 1 heteroatoms. The van der Waals surface area contributed by atoms with Crippen molar-refractivity contribution in [1.82, 2.24) is 0 Å². The first kappa shape index (κ1) is 13.2. The van der Waals surface area contributed by atoms with Gasteiger partial charge in [0.2, 0.25) is 0 Å². The second kappa shape index (κ2) is 4.78. The fourth-order valence-corrected chi connectivity index (χ4v) is 2.53. The van der Waals surface area contributed by atoms with Crippen molar-refractivity contribution in [2.24, 2.45) is 0 Å². The highest BCUT2D eigenvalue weighted by molar-refractivity contribution is 6.31. The molecule has 0 aliphatic heterocycles.